The number of aromatic hydroxyl groups is 1. The van der Waals surface area contributed by atoms with Crippen LogP contribution in [-0.4, -0.2) is 27.5 Å². The van der Waals surface area contributed by atoms with Gasteiger partial charge >= 0.3 is 5.97 Å². The fraction of sp³-hybridized carbons (Fsp3) is 0.231. The van der Waals surface area contributed by atoms with Crippen LogP contribution in [0.5, 0.6) is 5.88 Å². The van der Waals surface area contributed by atoms with Gasteiger partial charge in [0.25, 0.3) is 0 Å². The SMILES string of the molecule is CCOC(=O)c1nn(-c2ccccc2)c(O)c1C. The molecule has 1 aromatic heterocycles. The minimum Gasteiger partial charge on any atom is -0.493 e. The van der Waals surface area contributed by atoms with Crippen molar-refractivity contribution in [3.05, 3.63) is 41.6 Å². The summed E-state index contributed by atoms with van der Waals surface area (Å²) in [7, 11) is 0. The Morgan fingerprint density at radius 3 is 2.67 bits per heavy atom. The molecule has 2 aromatic rings. The fourth-order valence-corrected chi connectivity index (χ4v) is 1.63. The fourth-order valence-electron chi connectivity index (χ4n) is 1.63. The van der Waals surface area contributed by atoms with E-state index in [1.54, 1.807) is 26.0 Å². The monoisotopic (exact) mass is 246 g/mol. The number of para-hydroxylation sites is 1. The second-order valence-corrected chi connectivity index (χ2v) is 3.77. The first-order chi connectivity index (χ1) is 8.65. The molecule has 1 aromatic carbocycles. The Balaban J connectivity index is 2.46. The average molecular weight is 246 g/mol. The van der Waals surface area contributed by atoms with Crippen molar-refractivity contribution >= 4 is 5.97 Å². The molecule has 0 spiro atoms. The Kier molecular flexibility index (Phi) is 3.32. The van der Waals surface area contributed by atoms with E-state index < -0.39 is 5.97 Å². The highest BCUT2D eigenvalue weighted by molar-refractivity contribution is 5.89. The van der Waals surface area contributed by atoms with E-state index in [9.17, 15) is 9.90 Å². The number of hydrogen-bond donors (Lipinski definition) is 1. The maximum atomic E-state index is 11.7. The standard InChI is InChI=1S/C13H14N2O3/c1-3-18-13(17)11-9(2)12(16)15(14-11)10-7-5-4-6-8-10/h4-8,16H,3H2,1-2H3. The van der Waals surface area contributed by atoms with Crippen molar-refractivity contribution in [1.82, 2.24) is 9.78 Å². The lowest BCUT2D eigenvalue weighted by Gasteiger charge is -2.01. The lowest BCUT2D eigenvalue weighted by Crippen LogP contribution is -2.07. The van der Waals surface area contributed by atoms with E-state index in [1.165, 1.54) is 4.68 Å². The molecule has 0 saturated heterocycles. The third-order valence-corrected chi connectivity index (χ3v) is 2.56. The Bertz CT molecular complexity index is 561. The number of hydrogen-bond acceptors (Lipinski definition) is 4. The Morgan fingerprint density at radius 1 is 1.39 bits per heavy atom. The second kappa shape index (κ2) is 4.91. The number of benzene rings is 1. The van der Waals surface area contributed by atoms with Gasteiger partial charge in [0.05, 0.1) is 12.3 Å². The third-order valence-electron chi connectivity index (χ3n) is 2.56. The third kappa shape index (κ3) is 2.07. The van der Waals surface area contributed by atoms with Crippen LogP contribution in [0, 0.1) is 6.92 Å². The van der Waals surface area contributed by atoms with Crippen LogP contribution in [0.3, 0.4) is 0 Å². The molecule has 1 N–H and O–H groups in total. The van der Waals surface area contributed by atoms with Gasteiger partial charge in [-0.1, -0.05) is 18.2 Å². The summed E-state index contributed by atoms with van der Waals surface area (Å²) < 4.78 is 6.21. The summed E-state index contributed by atoms with van der Waals surface area (Å²) in [6.45, 7) is 3.63. The molecule has 18 heavy (non-hydrogen) atoms. The van der Waals surface area contributed by atoms with Crippen molar-refractivity contribution in [3.63, 3.8) is 0 Å². The molecule has 0 unspecified atom stereocenters. The largest absolute Gasteiger partial charge is 0.493 e. The van der Waals surface area contributed by atoms with Gasteiger partial charge in [-0.3, -0.25) is 0 Å². The van der Waals surface area contributed by atoms with Gasteiger partial charge in [0.1, 0.15) is 0 Å². The van der Waals surface area contributed by atoms with E-state index >= 15 is 0 Å². The minimum atomic E-state index is -0.528. The van der Waals surface area contributed by atoms with Gasteiger partial charge in [-0.05, 0) is 26.0 Å². The van der Waals surface area contributed by atoms with Gasteiger partial charge < -0.3 is 9.84 Å². The number of ether oxygens (including phenoxy) is 1. The summed E-state index contributed by atoms with van der Waals surface area (Å²) in [4.78, 5) is 11.7. The smallest absolute Gasteiger partial charge is 0.359 e. The van der Waals surface area contributed by atoms with Crippen LogP contribution in [-0.2, 0) is 4.74 Å². The highest BCUT2D eigenvalue weighted by atomic mass is 16.5. The molecule has 0 aliphatic rings. The highest BCUT2D eigenvalue weighted by Crippen LogP contribution is 2.24. The molecule has 0 saturated carbocycles. The van der Waals surface area contributed by atoms with Gasteiger partial charge in [-0.15, -0.1) is 0 Å². The lowest BCUT2D eigenvalue weighted by molar-refractivity contribution is 0.0518. The zero-order chi connectivity index (χ0) is 13.1. The second-order valence-electron chi connectivity index (χ2n) is 3.77. The van der Waals surface area contributed by atoms with Crippen molar-refractivity contribution in [2.24, 2.45) is 0 Å². The van der Waals surface area contributed by atoms with Gasteiger partial charge in [-0.2, -0.15) is 5.10 Å². The van der Waals surface area contributed by atoms with Crippen LogP contribution >= 0.6 is 0 Å². The minimum absolute atomic E-state index is 0.0516. The van der Waals surface area contributed by atoms with Crippen molar-refractivity contribution in [1.29, 1.82) is 0 Å². The molecular formula is C13H14N2O3. The zero-order valence-electron chi connectivity index (χ0n) is 10.3. The molecule has 1 heterocycles. The first-order valence-corrected chi connectivity index (χ1v) is 5.66. The molecule has 5 heteroatoms. The summed E-state index contributed by atoms with van der Waals surface area (Å²) >= 11 is 0. The number of rotatable bonds is 3. The molecule has 0 amide bonds. The van der Waals surface area contributed by atoms with E-state index in [2.05, 4.69) is 5.10 Å². The molecule has 0 aliphatic heterocycles. The molecule has 0 fully saturated rings. The normalized spacial score (nSPS) is 10.3. The van der Waals surface area contributed by atoms with Gasteiger partial charge in [0.2, 0.25) is 5.88 Å². The van der Waals surface area contributed by atoms with E-state index in [0.717, 1.165) is 0 Å². The predicted molar refractivity (Wildman–Crippen MR) is 65.9 cm³/mol. The molecule has 0 radical (unpaired) electrons. The zero-order valence-corrected chi connectivity index (χ0v) is 10.3. The van der Waals surface area contributed by atoms with E-state index in [0.29, 0.717) is 11.3 Å². The molecule has 0 atom stereocenters. The van der Waals surface area contributed by atoms with Crippen LogP contribution < -0.4 is 0 Å². The number of esters is 1. The van der Waals surface area contributed by atoms with Crippen molar-refractivity contribution in [2.45, 2.75) is 13.8 Å². The van der Waals surface area contributed by atoms with E-state index in [-0.39, 0.29) is 18.2 Å². The molecule has 0 bridgehead atoms. The lowest BCUT2D eigenvalue weighted by atomic mass is 10.2. The quantitative estimate of drug-likeness (QED) is 0.842. The topological polar surface area (TPSA) is 64.3 Å². The predicted octanol–water partition coefficient (Wildman–Crippen LogP) is 2.06. The Labute approximate surface area is 105 Å². The van der Waals surface area contributed by atoms with Crippen LogP contribution in [0.2, 0.25) is 0 Å². The van der Waals surface area contributed by atoms with Gasteiger partial charge in [-0.25, -0.2) is 9.48 Å². The van der Waals surface area contributed by atoms with Crippen molar-refractivity contribution in [3.8, 4) is 11.6 Å². The molecule has 94 valence electrons. The van der Waals surface area contributed by atoms with Crippen LogP contribution in [0.15, 0.2) is 30.3 Å². The Hall–Kier alpha value is -2.30. The summed E-state index contributed by atoms with van der Waals surface area (Å²) in [5, 5.41) is 14.1. The summed E-state index contributed by atoms with van der Waals surface area (Å²) in [6.07, 6.45) is 0. The van der Waals surface area contributed by atoms with E-state index in [1.807, 2.05) is 18.2 Å². The maximum absolute atomic E-state index is 11.7. The van der Waals surface area contributed by atoms with Crippen LogP contribution in [0.1, 0.15) is 23.0 Å². The number of carbonyl (C=O) groups excluding carboxylic acids is 1. The average Bonchev–Trinajstić information content (AvgIpc) is 2.68. The highest BCUT2D eigenvalue weighted by Gasteiger charge is 2.21. The first-order valence-electron chi connectivity index (χ1n) is 5.66. The summed E-state index contributed by atoms with van der Waals surface area (Å²) in [5.74, 6) is -0.579. The van der Waals surface area contributed by atoms with Crippen LogP contribution in [0.4, 0.5) is 0 Å². The molecule has 5 nitrogen and oxygen atoms in total. The number of carbonyl (C=O) groups is 1. The molecule has 2 rings (SSSR count). The molecule has 0 aliphatic carbocycles. The van der Waals surface area contributed by atoms with Gasteiger partial charge in [0.15, 0.2) is 5.69 Å². The van der Waals surface area contributed by atoms with E-state index in [4.69, 9.17) is 4.74 Å². The van der Waals surface area contributed by atoms with Crippen LogP contribution in [0.25, 0.3) is 5.69 Å². The number of nitrogens with zero attached hydrogens (tertiary/aromatic N) is 2. The number of aromatic nitrogens is 2. The first kappa shape index (κ1) is 12.2. The summed E-state index contributed by atoms with van der Waals surface area (Å²) in [6, 6.07) is 9.11. The van der Waals surface area contributed by atoms with Crippen molar-refractivity contribution in [2.75, 3.05) is 6.61 Å². The summed E-state index contributed by atoms with van der Waals surface area (Å²) in [5.41, 5.74) is 1.24. The maximum Gasteiger partial charge on any atom is 0.359 e. The van der Waals surface area contributed by atoms with Crippen molar-refractivity contribution < 1.29 is 14.6 Å². The van der Waals surface area contributed by atoms with Gasteiger partial charge in [0, 0.05) is 5.56 Å². The molecular weight excluding hydrogens is 232 g/mol. The Morgan fingerprint density at radius 2 is 2.06 bits per heavy atom.